The first-order chi connectivity index (χ1) is 12.2. The second-order valence-electron chi connectivity index (χ2n) is 5.18. The molecule has 0 aliphatic carbocycles. The van der Waals surface area contributed by atoms with Gasteiger partial charge < -0.3 is 19.5 Å². The monoisotopic (exact) mass is 338 g/mol. The number of para-hydroxylation sites is 2. The molecule has 0 saturated carbocycles. The average molecular weight is 338 g/mol. The zero-order valence-corrected chi connectivity index (χ0v) is 13.7. The molecule has 25 heavy (non-hydrogen) atoms. The maximum atomic E-state index is 9.13. The number of anilines is 1. The number of ether oxygens (including phenoxy) is 2. The van der Waals surface area contributed by atoms with Crippen LogP contribution in [0.1, 0.15) is 0 Å². The van der Waals surface area contributed by atoms with Gasteiger partial charge in [-0.25, -0.2) is 0 Å². The van der Waals surface area contributed by atoms with Gasteiger partial charge in [0.15, 0.2) is 0 Å². The summed E-state index contributed by atoms with van der Waals surface area (Å²) in [4.78, 5) is 14.5. The zero-order valence-electron chi connectivity index (χ0n) is 13.7. The predicted octanol–water partition coefficient (Wildman–Crippen LogP) is 2.88. The largest absolute Gasteiger partial charge is 0.424 e. The molecule has 0 amide bonds. The molecule has 2 aromatic carbocycles. The number of aromatic nitrogens is 3. The summed E-state index contributed by atoms with van der Waals surface area (Å²) in [5.74, 6) is 1.56. The van der Waals surface area contributed by atoms with E-state index in [1.54, 1.807) is 36.2 Å². The van der Waals surface area contributed by atoms with Gasteiger partial charge >= 0.3 is 12.0 Å². The maximum absolute atomic E-state index is 9.13. The highest BCUT2D eigenvalue weighted by molar-refractivity contribution is 5.34. The van der Waals surface area contributed by atoms with Gasteiger partial charge in [0, 0.05) is 13.6 Å². The van der Waals surface area contributed by atoms with Gasteiger partial charge in [0.05, 0.1) is 6.61 Å². The second kappa shape index (κ2) is 8.07. The van der Waals surface area contributed by atoms with Crippen LogP contribution in [-0.2, 0) is 0 Å². The van der Waals surface area contributed by atoms with E-state index < -0.39 is 0 Å². The highest BCUT2D eigenvalue weighted by atomic mass is 16.5. The van der Waals surface area contributed by atoms with Gasteiger partial charge in [-0.15, -0.1) is 4.98 Å². The van der Waals surface area contributed by atoms with E-state index in [0.717, 1.165) is 0 Å². The highest BCUT2D eigenvalue weighted by Gasteiger charge is 2.13. The Morgan fingerprint density at radius 2 is 1.28 bits per heavy atom. The van der Waals surface area contributed by atoms with Crippen LogP contribution in [0.15, 0.2) is 60.7 Å². The molecule has 7 nitrogen and oxygen atoms in total. The third kappa shape index (κ3) is 4.65. The van der Waals surface area contributed by atoms with Crippen LogP contribution in [0.5, 0.6) is 23.5 Å². The molecule has 7 heteroatoms. The van der Waals surface area contributed by atoms with E-state index in [-0.39, 0.29) is 18.6 Å². The van der Waals surface area contributed by atoms with Crippen molar-refractivity contribution in [1.29, 1.82) is 0 Å². The summed E-state index contributed by atoms with van der Waals surface area (Å²) in [6.07, 6.45) is 0. The molecule has 1 N–H and O–H groups in total. The first-order valence-corrected chi connectivity index (χ1v) is 7.78. The van der Waals surface area contributed by atoms with Gasteiger partial charge in [-0.1, -0.05) is 36.4 Å². The zero-order chi connectivity index (χ0) is 17.5. The minimum Gasteiger partial charge on any atom is -0.424 e. The van der Waals surface area contributed by atoms with Gasteiger partial charge in [0.1, 0.15) is 11.5 Å². The smallest absolute Gasteiger partial charge is 0.330 e. The Hall–Kier alpha value is -3.19. The molecule has 1 heterocycles. The van der Waals surface area contributed by atoms with E-state index in [1.807, 2.05) is 36.4 Å². The number of aliphatic hydroxyl groups is 1. The summed E-state index contributed by atoms with van der Waals surface area (Å²) in [6.45, 7) is 0.353. The van der Waals surface area contributed by atoms with Crippen LogP contribution >= 0.6 is 0 Å². The van der Waals surface area contributed by atoms with Gasteiger partial charge in [-0.2, -0.15) is 9.97 Å². The molecule has 3 rings (SSSR count). The SMILES string of the molecule is CN(CCO)c1nc(Oc2ccccc2)nc(Oc2ccccc2)n1. The molecule has 3 aromatic rings. The number of benzene rings is 2. The first kappa shape index (κ1) is 16.7. The van der Waals surface area contributed by atoms with Crippen molar-refractivity contribution < 1.29 is 14.6 Å². The number of hydrogen-bond acceptors (Lipinski definition) is 7. The predicted molar refractivity (Wildman–Crippen MR) is 93.2 cm³/mol. The number of likely N-dealkylation sites (N-methyl/N-ethyl adjacent to an activating group) is 1. The summed E-state index contributed by atoms with van der Waals surface area (Å²) in [5.41, 5.74) is 0. The summed E-state index contributed by atoms with van der Waals surface area (Å²) < 4.78 is 11.4. The van der Waals surface area contributed by atoms with Crippen molar-refractivity contribution in [2.75, 3.05) is 25.1 Å². The Kier molecular flexibility index (Phi) is 5.38. The van der Waals surface area contributed by atoms with Crippen LogP contribution in [0.2, 0.25) is 0 Å². The van der Waals surface area contributed by atoms with Crippen molar-refractivity contribution in [3.8, 4) is 23.5 Å². The molecule has 128 valence electrons. The molecule has 0 bridgehead atoms. The Morgan fingerprint density at radius 3 is 1.72 bits per heavy atom. The molecule has 0 unspecified atom stereocenters. The van der Waals surface area contributed by atoms with Gasteiger partial charge in [0.2, 0.25) is 5.95 Å². The third-order valence-corrected chi connectivity index (χ3v) is 3.26. The van der Waals surface area contributed by atoms with Crippen molar-refractivity contribution in [3.05, 3.63) is 60.7 Å². The lowest BCUT2D eigenvalue weighted by atomic mass is 10.3. The van der Waals surface area contributed by atoms with Gasteiger partial charge in [0.25, 0.3) is 0 Å². The Balaban J connectivity index is 1.90. The van der Waals surface area contributed by atoms with Crippen LogP contribution in [-0.4, -0.2) is 40.3 Å². The molecule has 0 atom stereocenters. The topological polar surface area (TPSA) is 80.6 Å². The molecule has 0 aliphatic heterocycles. The first-order valence-electron chi connectivity index (χ1n) is 7.78. The standard InChI is InChI=1S/C18H18N4O3/c1-22(12-13-23)16-19-17(24-14-8-4-2-5-9-14)21-18(20-16)25-15-10-6-3-7-11-15/h2-11,23H,12-13H2,1H3. The quantitative estimate of drug-likeness (QED) is 0.709. The van der Waals surface area contributed by atoms with E-state index in [2.05, 4.69) is 15.0 Å². The second-order valence-corrected chi connectivity index (χ2v) is 5.18. The fourth-order valence-corrected chi connectivity index (χ4v) is 2.03. The summed E-state index contributed by atoms with van der Waals surface area (Å²) in [7, 11) is 1.77. The number of hydrogen-bond donors (Lipinski definition) is 1. The Bertz CT molecular complexity index is 740. The molecule has 0 saturated heterocycles. The lowest BCUT2D eigenvalue weighted by Gasteiger charge is -2.16. The fourth-order valence-electron chi connectivity index (χ4n) is 2.03. The lowest BCUT2D eigenvalue weighted by molar-refractivity contribution is 0.303. The number of aliphatic hydroxyl groups excluding tert-OH is 1. The van der Waals surface area contributed by atoms with E-state index in [1.165, 1.54) is 0 Å². The van der Waals surface area contributed by atoms with Crippen LogP contribution < -0.4 is 14.4 Å². The van der Waals surface area contributed by atoms with Crippen molar-refractivity contribution in [3.63, 3.8) is 0 Å². The van der Waals surface area contributed by atoms with Crippen LogP contribution in [0.4, 0.5) is 5.95 Å². The molecular weight excluding hydrogens is 320 g/mol. The van der Waals surface area contributed by atoms with E-state index in [9.17, 15) is 0 Å². The number of nitrogens with zero attached hydrogens (tertiary/aromatic N) is 4. The van der Waals surface area contributed by atoms with Crippen molar-refractivity contribution in [2.45, 2.75) is 0 Å². The molecule has 0 spiro atoms. The molecular formula is C18H18N4O3. The van der Waals surface area contributed by atoms with E-state index >= 15 is 0 Å². The van der Waals surface area contributed by atoms with Crippen molar-refractivity contribution in [2.24, 2.45) is 0 Å². The summed E-state index contributed by atoms with van der Waals surface area (Å²) >= 11 is 0. The van der Waals surface area contributed by atoms with E-state index in [0.29, 0.717) is 24.0 Å². The maximum Gasteiger partial charge on any atom is 0.330 e. The number of rotatable bonds is 7. The minimum atomic E-state index is -0.0219. The third-order valence-electron chi connectivity index (χ3n) is 3.26. The Morgan fingerprint density at radius 1 is 0.800 bits per heavy atom. The van der Waals surface area contributed by atoms with Crippen molar-refractivity contribution >= 4 is 5.95 Å². The van der Waals surface area contributed by atoms with Crippen LogP contribution in [0.3, 0.4) is 0 Å². The van der Waals surface area contributed by atoms with E-state index in [4.69, 9.17) is 14.6 Å². The van der Waals surface area contributed by atoms with Crippen LogP contribution in [0, 0.1) is 0 Å². The lowest BCUT2D eigenvalue weighted by Crippen LogP contribution is -2.23. The normalized spacial score (nSPS) is 10.3. The summed E-state index contributed by atoms with van der Waals surface area (Å²) in [5, 5.41) is 9.13. The van der Waals surface area contributed by atoms with Gasteiger partial charge in [-0.05, 0) is 24.3 Å². The Labute approximate surface area is 145 Å². The van der Waals surface area contributed by atoms with Crippen molar-refractivity contribution in [1.82, 2.24) is 15.0 Å². The summed E-state index contributed by atoms with van der Waals surface area (Å²) in [6, 6.07) is 18.7. The van der Waals surface area contributed by atoms with Crippen LogP contribution in [0.25, 0.3) is 0 Å². The molecule has 0 radical (unpaired) electrons. The molecule has 0 fully saturated rings. The highest BCUT2D eigenvalue weighted by Crippen LogP contribution is 2.24. The molecule has 1 aromatic heterocycles. The molecule has 0 aliphatic rings. The average Bonchev–Trinajstić information content (AvgIpc) is 2.63. The fraction of sp³-hybridized carbons (Fsp3) is 0.167. The van der Waals surface area contributed by atoms with Gasteiger partial charge in [-0.3, -0.25) is 0 Å². The minimum absolute atomic E-state index is 0.0219.